The maximum Gasteiger partial charge on any atom is 0.333 e. The third kappa shape index (κ3) is 6.13. The summed E-state index contributed by atoms with van der Waals surface area (Å²) in [7, 11) is 0. The second kappa shape index (κ2) is 8.59. The number of hydrogen-bond donors (Lipinski definition) is 1. The molecule has 94 valence electrons. The predicted octanol–water partition coefficient (Wildman–Crippen LogP) is 2.45. The minimum Gasteiger partial charge on any atom is -0.461 e. The minimum atomic E-state index is -0.291. The van der Waals surface area contributed by atoms with Crippen LogP contribution in [0.5, 0.6) is 0 Å². The third-order valence-electron chi connectivity index (χ3n) is 2.72. The third-order valence-corrected chi connectivity index (χ3v) is 2.72. The molecule has 0 radical (unpaired) electrons. The summed E-state index contributed by atoms with van der Waals surface area (Å²) >= 11 is 0. The van der Waals surface area contributed by atoms with Crippen molar-refractivity contribution in [3.8, 4) is 0 Å². The lowest BCUT2D eigenvalue weighted by Crippen LogP contribution is -2.33. The van der Waals surface area contributed by atoms with Gasteiger partial charge in [-0.05, 0) is 19.8 Å². The Balaban J connectivity index is 0.00000225. The van der Waals surface area contributed by atoms with Crippen LogP contribution in [0.3, 0.4) is 0 Å². The van der Waals surface area contributed by atoms with Crippen molar-refractivity contribution in [1.29, 1.82) is 0 Å². The van der Waals surface area contributed by atoms with Crippen molar-refractivity contribution < 1.29 is 9.53 Å². The Bertz CT molecular complexity index is 225. The van der Waals surface area contributed by atoms with Crippen molar-refractivity contribution in [2.75, 3.05) is 13.2 Å². The fourth-order valence-electron chi connectivity index (χ4n) is 1.84. The van der Waals surface area contributed by atoms with Crippen LogP contribution in [0.25, 0.3) is 0 Å². The highest BCUT2D eigenvalue weighted by Gasteiger charge is 2.12. The van der Waals surface area contributed by atoms with Crippen LogP contribution in [0.4, 0.5) is 0 Å². The lowest BCUT2D eigenvalue weighted by molar-refractivity contribution is -0.138. The van der Waals surface area contributed by atoms with E-state index in [4.69, 9.17) is 4.74 Å². The lowest BCUT2D eigenvalue weighted by atomic mass is 9.96. The summed E-state index contributed by atoms with van der Waals surface area (Å²) in [6.07, 6.45) is 6.53. The molecular formula is C12H22ClNO2. The van der Waals surface area contributed by atoms with E-state index >= 15 is 0 Å². The summed E-state index contributed by atoms with van der Waals surface area (Å²) < 4.78 is 4.99. The quantitative estimate of drug-likeness (QED) is 0.461. The Hall–Kier alpha value is -0.540. The predicted molar refractivity (Wildman–Crippen MR) is 67.9 cm³/mol. The summed E-state index contributed by atoms with van der Waals surface area (Å²) in [4.78, 5) is 11.0. The van der Waals surface area contributed by atoms with Gasteiger partial charge < -0.3 is 10.1 Å². The Morgan fingerprint density at radius 3 is 2.56 bits per heavy atom. The topological polar surface area (TPSA) is 38.3 Å². The fourth-order valence-corrected chi connectivity index (χ4v) is 1.84. The summed E-state index contributed by atoms with van der Waals surface area (Å²) in [5, 5.41) is 3.41. The molecule has 0 aromatic carbocycles. The summed E-state index contributed by atoms with van der Waals surface area (Å²) in [6.45, 7) is 6.39. The lowest BCUT2D eigenvalue weighted by Gasteiger charge is -2.22. The second-order valence-corrected chi connectivity index (χ2v) is 4.21. The number of esters is 1. The Morgan fingerprint density at radius 2 is 2.00 bits per heavy atom. The average molecular weight is 248 g/mol. The maximum absolute atomic E-state index is 11.0. The van der Waals surface area contributed by atoms with E-state index in [0.29, 0.717) is 18.2 Å². The number of hydrogen-bond acceptors (Lipinski definition) is 3. The molecule has 4 heteroatoms. The Morgan fingerprint density at radius 1 is 1.38 bits per heavy atom. The molecule has 0 amide bonds. The first kappa shape index (κ1) is 15.5. The highest BCUT2D eigenvalue weighted by molar-refractivity contribution is 5.86. The minimum absolute atomic E-state index is 0. The van der Waals surface area contributed by atoms with Gasteiger partial charge in [-0.3, -0.25) is 0 Å². The van der Waals surface area contributed by atoms with Crippen LogP contribution >= 0.6 is 12.4 Å². The van der Waals surface area contributed by atoms with Crippen molar-refractivity contribution in [3.05, 3.63) is 12.2 Å². The van der Waals surface area contributed by atoms with Crippen molar-refractivity contribution in [3.63, 3.8) is 0 Å². The second-order valence-electron chi connectivity index (χ2n) is 4.21. The van der Waals surface area contributed by atoms with Gasteiger partial charge in [-0.1, -0.05) is 25.8 Å². The van der Waals surface area contributed by atoms with Gasteiger partial charge in [0.05, 0.1) is 0 Å². The van der Waals surface area contributed by atoms with Gasteiger partial charge in [-0.2, -0.15) is 0 Å². The van der Waals surface area contributed by atoms with E-state index in [1.54, 1.807) is 6.92 Å². The van der Waals surface area contributed by atoms with Gasteiger partial charge in [-0.25, -0.2) is 4.79 Å². The molecule has 0 aromatic heterocycles. The van der Waals surface area contributed by atoms with Gasteiger partial charge in [0.2, 0.25) is 0 Å². The number of halogens is 1. The molecule has 0 aromatic rings. The first-order valence-corrected chi connectivity index (χ1v) is 5.76. The zero-order chi connectivity index (χ0) is 11.1. The number of rotatable bonds is 5. The maximum atomic E-state index is 11.0. The fraction of sp³-hybridized carbons (Fsp3) is 0.750. The van der Waals surface area contributed by atoms with Crippen molar-refractivity contribution in [2.24, 2.45) is 0 Å². The van der Waals surface area contributed by atoms with Gasteiger partial charge in [0.15, 0.2) is 0 Å². The van der Waals surface area contributed by atoms with Crippen LogP contribution < -0.4 is 5.32 Å². The van der Waals surface area contributed by atoms with Gasteiger partial charge in [0, 0.05) is 18.2 Å². The van der Waals surface area contributed by atoms with Gasteiger partial charge >= 0.3 is 5.97 Å². The number of ether oxygens (including phenoxy) is 1. The summed E-state index contributed by atoms with van der Waals surface area (Å²) in [5.74, 6) is -0.291. The van der Waals surface area contributed by atoms with Gasteiger partial charge in [0.1, 0.15) is 6.61 Å². The van der Waals surface area contributed by atoms with E-state index in [1.807, 2.05) is 0 Å². The zero-order valence-electron chi connectivity index (χ0n) is 9.96. The molecule has 3 nitrogen and oxygen atoms in total. The van der Waals surface area contributed by atoms with Gasteiger partial charge in [0.25, 0.3) is 0 Å². The Labute approximate surface area is 104 Å². The van der Waals surface area contributed by atoms with Crippen LogP contribution in [0.15, 0.2) is 12.2 Å². The Kier molecular flexibility index (Phi) is 8.30. The molecule has 0 saturated heterocycles. The standard InChI is InChI=1S/C12H21NO2.ClH/c1-10(2)12(14)15-9-8-13-11-6-4-3-5-7-11;/h11,13H,1,3-9H2,2H3;1H. The van der Waals surface area contributed by atoms with Gasteiger partial charge in [-0.15, -0.1) is 12.4 Å². The first-order chi connectivity index (χ1) is 7.20. The molecule has 0 unspecified atom stereocenters. The molecule has 0 atom stereocenters. The molecule has 0 heterocycles. The molecule has 0 aliphatic heterocycles. The number of nitrogens with one attached hydrogen (secondary N) is 1. The number of carbonyl (C=O) groups is 1. The highest BCUT2D eigenvalue weighted by Crippen LogP contribution is 2.16. The molecule has 0 spiro atoms. The molecule has 1 N–H and O–H groups in total. The van der Waals surface area contributed by atoms with Crippen LogP contribution in [-0.4, -0.2) is 25.2 Å². The van der Waals surface area contributed by atoms with E-state index in [2.05, 4.69) is 11.9 Å². The zero-order valence-corrected chi connectivity index (χ0v) is 10.8. The molecule has 1 saturated carbocycles. The van der Waals surface area contributed by atoms with Crippen LogP contribution in [0.2, 0.25) is 0 Å². The summed E-state index contributed by atoms with van der Waals surface area (Å²) in [6, 6.07) is 0.627. The van der Waals surface area contributed by atoms with Crippen molar-refractivity contribution >= 4 is 18.4 Å². The molecule has 16 heavy (non-hydrogen) atoms. The summed E-state index contributed by atoms with van der Waals surface area (Å²) in [5.41, 5.74) is 0.465. The number of carbonyl (C=O) groups excluding carboxylic acids is 1. The molecule has 1 aliphatic rings. The highest BCUT2D eigenvalue weighted by atomic mass is 35.5. The van der Waals surface area contributed by atoms with Crippen LogP contribution in [-0.2, 0) is 9.53 Å². The molecule has 0 bridgehead atoms. The molecule has 1 rings (SSSR count). The van der Waals surface area contributed by atoms with Crippen molar-refractivity contribution in [1.82, 2.24) is 5.32 Å². The van der Waals surface area contributed by atoms with E-state index in [1.165, 1.54) is 32.1 Å². The van der Waals surface area contributed by atoms with Crippen molar-refractivity contribution in [2.45, 2.75) is 45.1 Å². The van der Waals surface area contributed by atoms with E-state index in [9.17, 15) is 4.79 Å². The monoisotopic (exact) mass is 247 g/mol. The SMILES string of the molecule is C=C(C)C(=O)OCCNC1CCCCC1.Cl. The van der Waals surface area contributed by atoms with Crippen LogP contribution in [0.1, 0.15) is 39.0 Å². The first-order valence-electron chi connectivity index (χ1n) is 5.76. The normalized spacial score (nSPS) is 16.3. The largest absolute Gasteiger partial charge is 0.461 e. The molecular weight excluding hydrogens is 226 g/mol. The molecule has 1 aliphatic carbocycles. The molecule has 1 fully saturated rings. The smallest absolute Gasteiger partial charge is 0.333 e. The average Bonchev–Trinajstić information content (AvgIpc) is 2.25. The van der Waals surface area contributed by atoms with E-state index < -0.39 is 0 Å². The van der Waals surface area contributed by atoms with E-state index in [-0.39, 0.29) is 18.4 Å². The van der Waals surface area contributed by atoms with E-state index in [0.717, 1.165) is 6.54 Å². The van der Waals surface area contributed by atoms with Crippen LogP contribution in [0, 0.1) is 0 Å².